The third-order valence-electron chi connectivity index (χ3n) is 4.48. The molecule has 0 aliphatic heterocycles. The lowest BCUT2D eigenvalue weighted by Crippen LogP contribution is -2.43. The van der Waals surface area contributed by atoms with Gasteiger partial charge in [-0.2, -0.15) is 0 Å². The summed E-state index contributed by atoms with van der Waals surface area (Å²) in [5, 5.41) is 5.95. The van der Waals surface area contributed by atoms with Gasteiger partial charge in [-0.1, -0.05) is 31.9 Å². The Labute approximate surface area is 149 Å². The average molecular weight is 347 g/mol. The van der Waals surface area contributed by atoms with E-state index in [1.165, 1.54) is 17.7 Å². The Kier molecular flexibility index (Phi) is 7.10. The molecule has 138 valence electrons. The zero-order valence-corrected chi connectivity index (χ0v) is 15.4. The highest BCUT2D eigenvalue weighted by Gasteiger charge is 2.20. The van der Waals surface area contributed by atoms with Crippen molar-refractivity contribution in [3.8, 4) is 5.75 Å². The first-order valence-corrected chi connectivity index (χ1v) is 8.90. The van der Waals surface area contributed by atoms with Gasteiger partial charge in [0.2, 0.25) is 0 Å². The van der Waals surface area contributed by atoms with Crippen molar-refractivity contribution < 1.29 is 14.3 Å². The molecular weight excluding hydrogens is 318 g/mol. The minimum Gasteiger partial charge on any atom is -0.484 e. The number of amides is 3. The first-order chi connectivity index (χ1) is 11.9. The van der Waals surface area contributed by atoms with Crippen LogP contribution < -0.4 is 15.4 Å². The molecular formula is C19H29N3O3. The molecule has 1 saturated carbocycles. The van der Waals surface area contributed by atoms with Gasteiger partial charge in [-0.3, -0.25) is 4.79 Å². The van der Waals surface area contributed by atoms with Crippen LogP contribution in [0.4, 0.5) is 4.79 Å². The third-order valence-corrected chi connectivity index (χ3v) is 4.48. The Morgan fingerprint density at radius 1 is 1.28 bits per heavy atom. The smallest absolute Gasteiger partial charge is 0.315 e. The van der Waals surface area contributed by atoms with Crippen LogP contribution in [-0.4, -0.2) is 43.6 Å². The van der Waals surface area contributed by atoms with E-state index in [2.05, 4.69) is 17.6 Å². The SMILES string of the molecule is C[C@@H]1CCC[C@@H](NC(=O)NCc2cccc(OCC(=O)N(C)C)c2)C1. The van der Waals surface area contributed by atoms with Crippen molar-refractivity contribution >= 4 is 11.9 Å². The number of ether oxygens (including phenoxy) is 1. The van der Waals surface area contributed by atoms with Crippen LogP contribution in [0.5, 0.6) is 5.75 Å². The van der Waals surface area contributed by atoms with Crippen molar-refractivity contribution in [2.75, 3.05) is 20.7 Å². The predicted molar refractivity (Wildman–Crippen MR) is 97.4 cm³/mol. The van der Waals surface area contributed by atoms with Gasteiger partial charge >= 0.3 is 6.03 Å². The minimum absolute atomic E-state index is 0.00420. The Bertz CT molecular complexity index is 589. The van der Waals surface area contributed by atoms with Crippen LogP contribution >= 0.6 is 0 Å². The van der Waals surface area contributed by atoms with Gasteiger partial charge in [0.25, 0.3) is 5.91 Å². The van der Waals surface area contributed by atoms with Crippen LogP contribution in [-0.2, 0) is 11.3 Å². The molecule has 25 heavy (non-hydrogen) atoms. The Morgan fingerprint density at radius 2 is 2.08 bits per heavy atom. The van der Waals surface area contributed by atoms with E-state index in [0.29, 0.717) is 18.2 Å². The average Bonchev–Trinajstić information content (AvgIpc) is 2.58. The predicted octanol–water partition coefficient (Wildman–Crippen LogP) is 2.53. The maximum Gasteiger partial charge on any atom is 0.315 e. The Balaban J connectivity index is 1.77. The maximum atomic E-state index is 12.1. The van der Waals surface area contributed by atoms with Crippen molar-refractivity contribution in [3.05, 3.63) is 29.8 Å². The zero-order valence-electron chi connectivity index (χ0n) is 15.4. The summed E-state index contributed by atoms with van der Waals surface area (Å²) in [4.78, 5) is 25.1. The molecule has 0 aromatic heterocycles. The van der Waals surface area contributed by atoms with Crippen molar-refractivity contribution in [3.63, 3.8) is 0 Å². The Morgan fingerprint density at radius 3 is 2.80 bits per heavy atom. The van der Waals surface area contributed by atoms with Gasteiger partial charge in [0, 0.05) is 26.7 Å². The molecule has 2 atom stereocenters. The monoisotopic (exact) mass is 347 g/mol. The fraction of sp³-hybridized carbons (Fsp3) is 0.579. The topological polar surface area (TPSA) is 70.7 Å². The summed E-state index contributed by atoms with van der Waals surface area (Å²) < 4.78 is 5.49. The Hall–Kier alpha value is -2.24. The summed E-state index contributed by atoms with van der Waals surface area (Å²) in [7, 11) is 3.38. The molecule has 0 radical (unpaired) electrons. The molecule has 0 unspecified atom stereocenters. The molecule has 0 saturated heterocycles. The van der Waals surface area contributed by atoms with Crippen LogP contribution in [0, 0.1) is 5.92 Å². The van der Waals surface area contributed by atoms with E-state index in [4.69, 9.17) is 4.74 Å². The van der Waals surface area contributed by atoms with Gasteiger partial charge in [-0.25, -0.2) is 4.79 Å². The number of nitrogens with one attached hydrogen (secondary N) is 2. The molecule has 6 heteroatoms. The number of benzene rings is 1. The normalized spacial score (nSPS) is 19.8. The molecule has 2 N–H and O–H groups in total. The van der Waals surface area contributed by atoms with E-state index in [1.807, 2.05) is 18.2 Å². The summed E-state index contributed by atoms with van der Waals surface area (Å²) in [6, 6.07) is 7.56. The summed E-state index contributed by atoms with van der Waals surface area (Å²) in [5.74, 6) is 1.21. The number of carbonyl (C=O) groups is 2. The quantitative estimate of drug-likeness (QED) is 0.831. The van der Waals surface area contributed by atoms with Crippen LogP contribution in [0.15, 0.2) is 24.3 Å². The lowest BCUT2D eigenvalue weighted by atomic mass is 9.87. The van der Waals surface area contributed by atoms with E-state index in [0.717, 1.165) is 18.4 Å². The lowest BCUT2D eigenvalue weighted by molar-refractivity contribution is -0.130. The number of carbonyl (C=O) groups excluding carboxylic acids is 2. The number of hydrogen-bond acceptors (Lipinski definition) is 3. The number of nitrogens with zero attached hydrogens (tertiary/aromatic N) is 1. The molecule has 1 aliphatic rings. The van der Waals surface area contributed by atoms with E-state index in [1.54, 1.807) is 20.2 Å². The zero-order chi connectivity index (χ0) is 18.2. The van der Waals surface area contributed by atoms with Crippen LogP contribution in [0.2, 0.25) is 0 Å². The van der Waals surface area contributed by atoms with Crippen molar-refractivity contribution in [1.82, 2.24) is 15.5 Å². The second-order valence-electron chi connectivity index (χ2n) is 7.02. The highest BCUT2D eigenvalue weighted by Crippen LogP contribution is 2.23. The second-order valence-corrected chi connectivity index (χ2v) is 7.02. The van der Waals surface area contributed by atoms with Crippen LogP contribution in [0.1, 0.15) is 38.2 Å². The molecule has 3 amide bonds. The molecule has 1 fully saturated rings. The van der Waals surface area contributed by atoms with Crippen molar-refractivity contribution in [2.45, 2.75) is 45.2 Å². The maximum absolute atomic E-state index is 12.1. The van der Waals surface area contributed by atoms with Crippen LogP contribution in [0.25, 0.3) is 0 Å². The van der Waals surface area contributed by atoms with Gasteiger partial charge < -0.3 is 20.3 Å². The molecule has 0 heterocycles. The molecule has 0 bridgehead atoms. The summed E-state index contributed by atoms with van der Waals surface area (Å²) in [5.41, 5.74) is 0.932. The highest BCUT2D eigenvalue weighted by atomic mass is 16.5. The van der Waals surface area contributed by atoms with Crippen molar-refractivity contribution in [1.29, 1.82) is 0 Å². The number of urea groups is 1. The fourth-order valence-electron chi connectivity index (χ4n) is 3.00. The van der Waals surface area contributed by atoms with Gasteiger partial charge in [-0.05, 0) is 36.5 Å². The molecule has 1 aromatic rings. The number of likely N-dealkylation sites (N-methyl/N-ethyl adjacent to an activating group) is 1. The van der Waals surface area contributed by atoms with Gasteiger partial charge in [-0.15, -0.1) is 0 Å². The van der Waals surface area contributed by atoms with Gasteiger partial charge in [0.15, 0.2) is 6.61 Å². The second kappa shape index (κ2) is 9.30. The fourth-order valence-corrected chi connectivity index (χ4v) is 3.00. The van der Waals surface area contributed by atoms with Gasteiger partial charge in [0.05, 0.1) is 0 Å². The molecule has 0 spiro atoms. The molecule has 2 rings (SSSR count). The number of rotatable bonds is 6. The number of hydrogen-bond donors (Lipinski definition) is 2. The van der Waals surface area contributed by atoms with E-state index >= 15 is 0 Å². The molecule has 1 aliphatic carbocycles. The first-order valence-electron chi connectivity index (χ1n) is 8.90. The summed E-state index contributed by atoms with van der Waals surface area (Å²) in [6.07, 6.45) is 4.54. The van der Waals surface area contributed by atoms with Crippen molar-refractivity contribution in [2.24, 2.45) is 5.92 Å². The van der Waals surface area contributed by atoms with E-state index < -0.39 is 0 Å². The third kappa shape index (κ3) is 6.64. The summed E-state index contributed by atoms with van der Waals surface area (Å²) >= 11 is 0. The van der Waals surface area contributed by atoms with E-state index in [9.17, 15) is 9.59 Å². The minimum atomic E-state index is -0.131. The van der Waals surface area contributed by atoms with E-state index in [-0.39, 0.29) is 24.6 Å². The molecule has 1 aromatic carbocycles. The first kappa shape index (κ1) is 19.1. The largest absolute Gasteiger partial charge is 0.484 e. The standard InChI is InChI=1S/C19H29N3O3/c1-14-6-4-8-16(10-14)21-19(24)20-12-15-7-5-9-17(11-15)25-13-18(23)22(2)3/h5,7,9,11,14,16H,4,6,8,10,12-13H2,1-3H3,(H2,20,21,24)/t14-,16-/m1/s1. The van der Waals surface area contributed by atoms with Crippen LogP contribution in [0.3, 0.4) is 0 Å². The lowest BCUT2D eigenvalue weighted by Gasteiger charge is -2.27. The highest BCUT2D eigenvalue weighted by molar-refractivity contribution is 5.77. The van der Waals surface area contributed by atoms with Gasteiger partial charge in [0.1, 0.15) is 5.75 Å². The summed E-state index contributed by atoms with van der Waals surface area (Å²) in [6.45, 7) is 2.66. The molecule has 6 nitrogen and oxygen atoms in total.